The molecule has 3 N–H and O–H groups in total. The highest BCUT2D eigenvalue weighted by Crippen LogP contribution is 2.39. The van der Waals surface area contributed by atoms with E-state index in [-0.39, 0.29) is 18.0 Å². The van der Waals surface area contributed by atoms with Crippen LogP contribution < -0.4 is 10.9 Å². The molecule has 0 spiro atoms. The molecule has 1 aliphatic carbocycles. The lowest BCUT2D eigenvalue weighted by atomic mass is 10.2. The quantitative estimate of drug-likeness (QED) is 0.665. The minimum atomic E-state index is -0.320. The molecule has 0 bridgehead atoms. The van der Waals surface area contributed by atoms with Gasteiger partial charge in [-0.3, -0.25) is 19.8 Å². The van der Waals surface area contributed by atoms with E-state index in [0.717, 1.165) is 18.5 Å². The molecule has 0 saturated heterocycles. The van der Waals surface area contributed by atoms with Gasteiger partial charge in [-0.25, -0.2) is 4.98 Å². The third kappa shape index (κ3) is 2.28. The second-order valence-electron chi connectivity index (χ2n) is 5.37. The fraction of sp³-hybridized carbons (Fsp3) is 0.286. The third-order valence-corrected chi connectivity index (χ3v) is 3.68. The fourth-order valence-corrected chi connectivity index (χ4v) is 2.30. The largest absolute Gasteiger partial charge is 0.359 e. The number of pyridine rings is 1. The Morgan fingerprint density at radius 3 is 3.05 bits per heavy atom. The number of hydrogen-bond acceptors (Lipinski definition) is 5. The van der Waals surface area contributed by atoms with Crippen LogP contribution in [-0.2, 0) is 6.54 Å². The van der Waals surface area contributed by atoms with Crippen molar-refractivity contribution in [1.29, 1.82) is 0 Å². The first-order chi connectivity index (χ1) is 10.7. The number of carbonyl (C=O) groups excluding carboxylic acids is 1. The first-order valence-corrected chi connectivity index (χ1v) is 7.01. The Kier molecular flexibility index (Phi) is 2.81. The van der Waals surface area contributed by atoms with Crippen molar-refractivity contribution in [1.82, 2.24) is 25.7 Å². The molecular weight excluding hydrogens is 286 g/mol. The molecule has 0 aliphatic heterocycles. The van der Waals surface area contributed by atoms with E-state index < -0.39 is 0 Å². The Labute approximate surface area is 123 Å². The van der Waals surface area contributed by atoms with Crippen molar-refractivity contribution in [2.75, 3.05) is 0 Å². The summed E-state index contributed by atoms with van der Waals surface area (Å²) >= 11 is 0. The lowest BCUT2D eigenvalue weighted by Gasteiger charge is -2.02. The molecule has 8 nitrogen and oxygen atoms in total. The number of H-pyrrole nitrogens is 2. The summed E-state index contributed by atoms with van der Waals surface area (Å²) in [5.74, 6) is 0.809. The van der Waals surface area contributed by atoms with E-state index in [1.165, 1.54) is 12.3 Å². The number of nitrogens with one attached hydrogen (secondary N) is 3. The molecule has 0 radical (unpaired) electrons. The van der Waals surface area contributed by atoms with Gasteiger partial charge in [0.1, 0.15) is 0 Å². The number of nitrogens with zero attached hydrogens (tertiary/aromatic N) is 2. The summed E-state index contributed by atoms with van der Waals surface area (Å²) in [7, 11) is 0. The third-order valence-electron chi connectivity index (χ3n) is 3.68. The number of aromatic nitrogens is 4. The van der Waals surface area contributed by atoms with Crippen molar-refractivity contribution in [3.05, 3.63) is 45.7 Å². The molecule has 3 aromatic heterocycles. The summed E-state index contributed by atoms with van der Waals surface area (Å²) in [6.07, 6.45) is 3.71. The van der Waals surface area contributed by atoms with Crippen LogP contribution in [0.25, 0.3) is 11.0 Å². The summed E-state index contributed by atoms with van der Waals surface area (Å²) < 4.78 is 5.19. The molecule has 0 unspecified atom stereocenters. The number of hydrogen-bond donors (Lipinski definition) is 3. The SMILES string of the molecule is O=C(NCc1cc(C2CC2)no1)c1cnc2[nH][nH]c(=O)c2c1. The molecule has 8 heteroatoms. The van der Waals surface area contributed by atoms with Gasteiger partial charge in [0, 0.05) is 18.2 Å². The molecule has 1 fully saturated rings. The van der Waals surface area contributed by atoms with Crippen LogP contribution in [0.1, 0.15) is 40.6 Å². The van der Waals surface area contributed by atoms with E-state index in [0.29, 0.717) is 28.3 Å². The van der Waals surface area contributed by atoms with E-state index in [2.05, 4.69) is 25.7 Å². The summed E-state index contributed by atoms with van der Waals surface area (Å²) in [6.45, 7) is 0.250. The maximum atomic E-state index is 12.1. The zero-order valence-corrected chi connectivity index (χ0v) is 11.5. The Hall–Kier alpha value is -2.90. The first-order valence-electron chi connectivity index (χ1n) is 7.01. The topological polar surface area (TPSA) is 117 Å². The van der Waals surface area contributed by atoms with Gasteiger partial charge in [-0.1, -0.05) is 5.16 Å². The van der Waals surface area contributed by atoms with Gasteiger partial charge in [0.05, 0.1) is 23.2 Å². The molecule has 3 aromatic rings. The van der Waals surface area contributed by atoms with Crippen LogP contribution >= 0.6 is 0 Å². The van der Waals surface area contributed by atoms with Crippen LogP contribution in [0.5, 0.6) is 0 Å². The number of amides is 1. The van der Waals surface area contributed by atoms with Gasteiger partial charge in [0.2, 0.25) is 0 Å². The van der Waals surface area contributed by atoms with Crippen LogP contribution in [0.15, 0.2) is 27.6 Å². The molecule has 4 rings (SSSR count). The Bertz CT molecular complexity index is 902. The smallest absolute Gasteiger partial charge is 0.273 e. The monoisotopic (exact) mass is 299 g/mol. The zero-order valence-electron chi connectivity index (χ0n) is 11.5. The molecule has 0 atom stereocenters. The van der Waals surface area contributed by atoms with Crippen molar-refractivity contribution in [3.63, 3.8) is 0 Å². The van der Waals surface area contributed by atoms with Gasteiger partial charge in [-0.2, -0.15) is 0 Å². The molecule has 1 aliphatic rings. The van der Waals surface area contributed by atoms with E-state index in [1.54, 1.807) is 0 Å². The van der Waals surface area contributed by atoms with Crippen molar-refractivity contribution in [2.24, 2.45) is 0 Å². The predicted octanol–water partition coefficient (Wildman–Crippen LogP) is 1.05. The Balaban J connectivity index is 1.47. The normalized spacial score (nSPS) is 14.4. The number of carbonyl (C=O) groups is 1. The van der Waals surface area contributed by atoms with Gasteiger partial charge >= 0.3 is 0 Å². The van der Waals surface area contributed by atoms with E-state index >= 15 is 0 Å². The number of fused-ring (bicyclic) bond motifs is 1. The lowest BCUT2D eigenvalue weighted by molar-refractivity contribution is 0.0947. The van der Waals surface area contributed by atoms with E-state index in [4.69, 9.17) is 4.52 Å². The number of aromatic amines is 2. The summed E-state index contributed by atoms with van der Waals surface area (Å²) in [6, 6.07) is 3.37. The predicted molar refractivity (Wildman–Crippen MR) is 76.4 cm³/mol. The minimum absolute atomic E-state index is 0.250. The van der Waals surface area contributed by atoms with Crippen LogP contribution in [-0.4, -0.2) is 26.2 Å². The first kappa shape index (κ1) is 12.8. The second kappa shape index (κ2) is 4.83. The number of rotatable bonds is 4. The Morgan fingerprint density at radius 2 is 2.23 bits per heavy atom. The Morgan fingerprint density at radius 1 is 1.36 bits per heavy atom. The van der Waals surface area contributed by atoms with Crippen molar-refractivity contribution in [2.45, 2.75) is 25.3 Å². The van der Waals surface area contributed by atoms with Crippen LogP contribution in [0.4, 0.5) is 0 Å². The maximum Gasteiger partial charge on any atom is 0.273 e. The fourth-order valence-electron chi connectivity index (χ4n) is 2.30. The zero-order chi connectivity index (χ0) is 15.1. The molecule has 1 amide bonds. The van der Waals surface area contributed by atoms with Crippen molar-refractivity contribution in [3.8, 4) is 0 Å². The summed E-state index contributed by atoms with van der Waals surface area (Å²) in [5, 5.41) is 12.1. The van der Waals surface area contributed by atoms with Gasteiger partial charge in [-0.15, -0.1) is 0 Å². The van der Waals surface area contributed by atoms with Crippen LogP contribution in [0, 0.1) is 0 Å². The molecule has 3 heterocycles. The highest BCUT2D eigenvalue weighted by molar-refractivity contribution is 5.96. The highest BCUT2D eigenvalue weighted by Gasteiger charge is 2.27. The maximum absolute atomic E-state index is 12.1. The lowest BCUT2D eigenvalue weighted by Crippen LogP contribution is -2.22. The average Bonchev–Trinajstić information content (AvgIpc) is 3.17. The van der Waals surface area contributed by atoms with Crippen molar-refractivity contribution < 1.29 is 9.32 Å². The van der Waals surface area contributed by atoms with E-state index in [1.807, 2.05) is 6.07 Å². The van der Waals surface area contributed by atoms with Crippen LogP contribution in [0.2, 0.25) is 0 Å². The molecule has 0 aromatic carbocycles. The molecule has 1 saturated carbocycles. The van der Waals surface area contributed by atoms with Gasteiger partial charge in [-0.05, 0) is 18.9 Å². The van der Waals surface area contributed by atoms with Gasteiger partial charge in [0.25, 0.3) is 11.5 Å². The molecule has 112 valence electrons. The molecule has 22 heavy (non-hydrogen) atoms. The second-order valence-corrected chi connectivity index (χ2v) is 5.37. The highest BCUT2D eigenvalue weighted by atomic mass is 16.5. The van der Waals surface area contributed by atoms with Crippen molar-refractivity contribution >= 4 is 16.9 Å². The molecular formula is C14H13N5O3. The minimum Gasteiger partial charge on any atom is -0.359 e. The standard InChI is InChI=1S/C14H13N5O3/c20-13(8-3-10-12(15-5-8)17-18-14(10)21)16-6-9-4-11(19-22-9)7-1-2-7/h3-5,7H,1-2,6H2,(H,16,20)(H2,15,17,18,21). The average molecular weight is 299 g/mol. The summed E-state index contributed by atoms with van der Waals surface area (Å²) in [4.78, 5) is 27.7. The van der Waals surface area contributed by atoms with Crippen LogP contribution in [0.3, 0.4) is 0 Å². The van der Waals surface area contributed by atoms with Gasteiger partial charge in [0.15, 0.2) is 11.4 Å². The summed E-state index contributed by atoms with van der Waals surface area (Å²) in [5.41, 5.74) is 1.39. The van der Waals surface area contributed by atoms with E-state index in [9.17, 15) is 9.59 Å². The van der Waals surface area contributed by atoms with Gasteiger partial charge < -0.3 is 9.84 Å².